The van der Waals surface area contributed by atoms with Crippen LogP contribution >= 0.6 is 0 Å². The van der Waals surface area contributed by atoms with Crippen molar-refractivity contribution >= 4 is 16.3 Å². The third kappa shape index (κ3) is 1.60. The zero-order chi connectivity index (χ0) is 13.5. The molecule has 0 aliphatic carbocycles. The number of hydrogen-bond donors (Lipinski definition) is 0. The van der Waals surface area contributed by atoms with Gasteiger partial charge in [0.2, 0.25) is 0 Å². The molecule has 3 heteroatoms. The van der Waals surface area contributed by atoms with E-state index in [-0.39, 0.29) is 5.82 Å². The molecule has 0 amide bonds. The number of pyridine rings is 1. The Balaban J connectivity index is 1.99. The van der Waals surface area contributed by atoms with Crippen LogP contribution in [0.1, 0.15) is 0 Å². The fraction of sp³-hybridized carbons (Fsp3) is 0. The first kappa shape index (κ1) is 11.2. The molecule has 2 aromatic carbocycles. The number of fused-ring (bicyclic) bond motifs is 2. The fourth-order valence-electron chi connectivity index (χ4n) is 2.55. The van der Waals surface area contributed by atoms with Gasteiger partial charge >= 0.3 is 0 Å². The minimum atomic E-state index is -0.174. The van der Waals surface area contributed by atoms with Crippen molar-refractivity contribution in [2.75, 3.05) is 0 Å². The van der Waals surface area contributed by atoms with E-state index in [9.17, 15) is 4.39 Å². The molecule has 0 atom stereocenters. The van der Waals surface area contributed by atoms with Gasteiger partial charge in [0.15, 0.2) is 0 Å². The van der Waals surface area contributed by atoms with Gasteiger partial charge in [-0.2, -0.15) is 5.10 Å². The molecule has 96 valence electrons. The summed E-state index contributed by atoms with van der Waals surface area (Å²) in [4.78, 5) is 0. The molecule has 2 nitrogen and oxygen atoms in total. The standard InChI is InChI=1S/C17H11FN2/c18-17-15-4-2-1-3-12(15)5-6-16(17)13-8-10-20-14(11-13)7-9-19-20/h1-11H. The highest BCUT2D eigenvalue weighted by Gasteiger charge is 2.09. The lowest BCUT2D eigenvalue weighted by Crippen LogP contribution is -1.90. The number of aromatic nitrogens is 2. The molecule has 0 spiro atoms. The maximum Gasteiger partial charge on any atom is 0.138 e. The number of rotatable bonds is 1. The predicted octanol–water partition coefficient (Wildman–Crippen LogP) is 4.29. The van der Waals surface area contributed by atoms with Gasteiger partial charge in [0, 0.05) is 23.3 Å². The third-order valence-electron chi connectivity index (χ3n) is 3.57. The molecule has 0 unspecified atom stereocenters. The largest absolute Gasteiger partial charge is 0.241 e. The van der Waals surface area contributed by atoms with Crippen molar-refractivity contribution < 1.29 is 4.39 Å². The van der Waals surface area contributed by atoms with Crippen LogP contribution in [0.5, 0.6) is 0 Å². The summed E-state index contributed by atoms with van der Waals surface area (Å²) < 4.78 is 16.4. The second-order valence-electron chi connectivity index (χ2n) is 4.76. The summed E-state index contributed by atoms with van der Waals surface area (Å²) in [6, 6.07) is 17.0. The van der Waals surface area contributed by atoms with Crippen LogP contribution in [0, 0.1) is 5.82 Å². The van der Waals surface area contributed by atoms with Gasteiger partial charge in [-0.1, -0.05) is 36.4 Å². The topological polar surface area (TPSA) is 17.3 Å². The number of nitrogens with zero attached hydrogens (tertiary/aromatic N) is 2. The van der Waals surface area contributed by atoms with Gasteiger partial charge in [-0.15, -0.1) is 0 Å². The highest BCUT2D eigenvalue weighted by atomic mass is 19.1. The Morgan fingerprint density at radius 1 is 0.950 bits per heavy atom. The van der Waals surface area contributed by atoms with Gasteiger partial charge < -0.3 is 0 Å². The number of halogens is 1. The van der Waals surface area contributed by atoms with Crippen LogP contribution in [0.3, 0.4) is 0 Å². The van der Waals surface area contributed by atoms with Crippen LogP contribution in [0.25, 0.3) is 27.4 Å². The Labute approximate surface area is 115 Å². The van der Waals surface area contributed by atoms with E-state index in [0.29, 0.717) is 10.9 Å². The van der Waals surface area contributed by atoms with E-state index in [1.807, 2.05) is 60.8 Å². The van der Waals surface area contributed by atoms with Crippen molar-refractivity contribution in [2.45, 2.75) is 0 Å². The van der Waals surface area contributed by atoms with Crippen LogP contribution in [-0.2, 0) is 0 Å². The summed E-state index contributed by atoms with van der Waals surface area (Å²) in [5.74, 6) is -0.174. The SMILES string of the molecule is Fc1c(-c2ccn3nccc3c2)ccc2ccccc12. The second kappa shape index (κ2) is 4.17. The second-order valence-corrected chi connectivity index (χ2v) is 4.76. The van der Waals surface area contributed by atoms with E-state index >= 15 is 0 Å². The summed E-state index contributed by atoms with van der Waals surface area (Å²) in [5.41, 5.74) is 2.43. The van der Waals surface area contributed by atoms with E-state index in [2.05, 4.69) is 5.10 Å². The van der Waals surface area contributed by atoms with Gasteiger partial charge in [-0.05, 0) is 29.1 Å². The van der Waals surface area contributed by atoms with Gasteiger partial charge in [-0.25, -0.2) is 8.91 Å². The summed E-state index contributed by atoms with van der Waals surface area (Å²) in [7, 11) is 0. The third-order valence-corrected chi connectivity index (χ3v) is 3.57. The summed E-state index contributed by atoms with van der Waals surface area (Å²) in [6.45, 7) is 0. The van der Waals surface area contributed by atoms with Gasteiger partial charge in [0.05, 0.1) is 5.52 Å². The minimum absolute atomic E-state index is 0.174. The highest BCUT2D eigenvalue weighted by molar-refractivity contribution is 5.88. The lowest BCUT2D eigenvalue weighted by molar-refractivity contribution is 0.643. The Hall–Kier alpha value is -2.68. The molecular weight excluding hydrogens is 251 g/mol. The lowest BCUT2D eigenvalue weighted by atomic mass is 10.0. The fourth-order valence-corrected chi connectivity index (χ4v) is 2.55. The first-order valence-electron chi connectivity index (χ1n) is 6.44. The molecule has 0 saturated heterocycles. The normalized spacial score (nSPS) is 11.2. The molecule has 0 fully saturated rings. The first-order chi connectivity index (χ1) is 9.83. The smallest absolute Gasteiger partial charge is 0.138 e. The molecule has 0 N–H and O–H groups in total. The van der Waals surface area contributed by atoms with E-state index < -0.39 is 0 Å². The Kier molecular flexibility index (Phi) is 2.33. The molecule has 20 heavy (non-hydrogen) atoms. The van der Waals surface area contributed by atoms with Crippen LogP contribution in [0.15, 0.2) is 67.0 Å². The molecule has 0 aliphatic heterocycles. The average Bonchev–Trinajstić information content (AvgIpc) is 2.95. The van der Waals surface area contributed by atoms with Crippen molar-refractivity contribution in [3.63, 3.8) is 0 Å². The minimum Gasteiger partial charge on any atom is -0.241 e. The molecule has 0 aliphatic rings. The maximum absolute atomic E-state index is 14.7. The van der Waals surface area contributed by atoms with Crippen molar-refractivity contribution in [1.82, 2.24) is 9.61 Å². The van der Waals surface area contributed by atoms with Gasteiger partial charge in [-0.3, -0.25) is 0 Å². The van der Waals surface area contributed by atoms with E-state index in [0.717, 1.165) is 16.5 Å². The van der Waals surface area contributed by atoms with Crippen molar-refractivity contribution in [2.24, 2.45) is 0 Å². The van der Waals surface area contributed by atoms with Crippen molar-refractivity contribution in [3.05, 3.63) is 72.8 Å². The van der Waals surface area contributed by atoms with Crippen molar-refractivity contribution in [1.29, 1.82) is 0 Å². The molecule has 0 saturated carbocycles. The van der Waals surface area contributed by atoms with Gasteiger partial charge in [0.25, 0.3) is 0 Å². The Morgan fingerprint density at radius 2 is 1.85 bits per heavy atom. The first-order valence-corrected chi connectivity index (χ1v) is 6.44. The number of benzene rings is 2. The van der Waals surface area contributed by atoms with Crippen LogP contribution in [0.4, 0.5) is 4.39 Å². The van der Waals surface area contributed by atoms with E-state index in [1.165, 1.54) is 0 Å². The van der Waals surface area contributed by atoms with Gasteiger partial charge in [0.1, 0.15) is 5.82 Å². The summed E-state index contributed by atoms with van der Waals surface area (Å²) in [5, 5.41) is 5.72. The van der Waals surface area contributed by atoms with Crippen LogP contribution < -0.4 is 0 Å². The van der Waals surface area contributed by atoms with Crippen LogP contribution in [0.2, 0.25) is 0 Å². The summed E-state index contributed by atoms with van der Waals surface area (Å²) in [6.07, 6.45) is 3.58. The van der Waals surface area contributed by atoms with Crippen molar-refractivity contribution in [3.8, 4) is 11.1 Å². The number of hydrogen-bond acceptors (Lipinski definition) is 1. The Bertz CT molecular complexity index is 924. The Morgan fingerprint density at radius 3 is 2.80 bits per heavy atom. The zero-order valence-electron chi connectivity index (χ0n) is 10.6. The molecule has 0 bridgehead atoms. The van der Waals surface area contributed by atoms with E-state index in [1.54, 1.807) is 10.7 Å². The molecule has 0 radical (unpaired) electrons. The monoisotopic (exact) mass is 262 g/mol. The molecule has 2 aromatic heterocycles. The lowest BCUT2D eigenvalue weighted by Gasteiger charge is -2.07. The molecule has 2 heterocycles. The zero-order valence-corrected chi connectivity index (χ0v) is 10.6. The highest BCUT2D eigenvalue weighted by Crippen LogP contribution is 2.29. The van der Waals surface area contributed by atoms with E-state index in [4.69, 9.17) is 0 Å². The predicted molar refractivity (Wildman–Crippen MR) is 78.1 cm³/mol. The average molecular weight is 262 g/mol. The maximum atomic E-state index is 14.7. The quantitative estimate of drug-likeness (QED) is 0.500. The summed E-state index contributed by atoms with van der Waals surface area (Å²) >= 11 is 0. The molecule has 4 aromatic rings. The van der Waals surface area contributed by atoms with Crippen LogP contribution in [-0.4, -0.2) is 9.61 Å². The molecule has 4 rings (SSSR count). The molecular formula is C17H11FN2.